The molecule has 0 saturated carbocycles. The minimum absolute atomic E-state index is 0.103. The van der Waals surface area contributed by atoms with Gasteiger partial charge in [-0.25, -0.2) is 4.39 Å². The van der Waals surface area contributed by atoms with E-state index < -0.39 is 0 Å². The summed E-state index contributed by atoms with van der Waals surface area (Å²) < 4.78 is 13.7. The number of H-pyrrole nitrogens is 1. The zero-order chi connectivity index (χ0) is 25.4. The van der Waals surface area contributed by atoms with E-state index in [1.165, 1.54) is 12.1 Å². The van der Waals surface area contributed by atoms with Crippen LogP contribution in [0.5, 0.6) is 0 Å². The minimum Gasteiger partial charge on any atom is -0.361 e. The number of carbonyl (C=O) groups excluding carboxylic acids is 2. The standard InChI is InChI=1S/C29H33FN4O2/c1-4-24-28-23(14-29(2,3)15-26(28)35)33-22-7-5-6-8-25(22)34(24)17-27(36)31-12-11-18-16-32-21-10-9-19(30)13-20(18)21/h5-10,13,16,24,32-33H,4,11-12,14-15,17H2,1-3H3,(H,31,36). The van der Waals surface area contributed by atoms with Crippen LogP contribution in [0.4, 0.5) is 15.8 Å². The molecule has 5 rings (SSSR count). The summed E-state index contributed by atoms with van der Waals surface area (Å²) in [6.45, 7) is 6.90. The van der Waals surface area contributed by atoms with Crippen LogP contribution in [0.25, 0.3) is 10.9 Å². The second kappa shape index (κ2) is 9.45. The van der Waals surface area contributed by atoms with Crippen molar-refractivity contribution in [1.29, 1.82) is 0 Å². The van der Waals surface area contributed by atoms with Crippen LogP contribution < -0.4 is 15.5 Å². The number of fused-ring (bicyclic) bond motifs is 2. The molecule has 1 aliphatic heterocycles. The molecule has 3 aromatic rings. The molecule has 1 amide bonds. The fourth-order valence-electron chi connectivity index (χ4n) is 5.67. The summed E-state index contributed by atoms with van der Waals surface area (Å²) in [6, 6.07) is 12.4. The van der Waals surface area contributed by atoms with Crippen molar-refractivity contribution >= 4 is 34.0 Å². The molecule has 2 aliphatic rings. The Morgan fingerprint density at radius 2 is 2.00 bits per heavy atom. The molecule has 0 radical (unpaired) electrons. The molecule has 0 saturated heterocycles. The third-order valence-electron chi connectivity index (χ3n) is 7.28. The zero-order valence-electron chi connectivity index (χ0n) is 21.1. The lowest BCUT2D eigenvalue weighted by atomic mass is 9.74. The van der Waals surface area contributed by atoms with E-state index in [4.69, 9.17) is 0 Å². The average molecular weight is 489 g/mol. The van der Waals surface area contributed by atoms with Gasteiger partial charge in [-0.1, -0.05) is 32.9 Å². The van der Waals surface area contributed by atoms with Gasteiger partial charge in [-0.3, -0.25) is 9.59 Å². The number of nitrogens with one attached hydrogen (secondary N) is 3. The van der Waals surface area contributed by atoms with Gasteiger partial charge in [-0.05, 0) is 60.6 Å². The normalized spacial score (nSPS) is 18.9. The average Bonchev–Trinajstić information content (AvgIpc) is 3.16. The van der Waals surface area contributed by atoms with Crippen molar-refractivity contribution < 1.29 is 14.0 Å². The van der Waals surface area contributed by atoms with E-state index in [9.17, 15) is 14.0 Å². The number of para-hydroxylation sites is 2. The molecule has 0 fully saturated rings. The SMILES string of the molecule is CCC1C2=C(CC(C)(C)CC2=O)Nc2ccccc2N1CC(=O)NCCc1c[nH]c2ccc(F)cc12. The highest BCUT2D eigenvalue weighted by Gasteiger charge is 2.40. The number of hydrogen-bond donors (Lipinski definition) is 3. The predicted octanol–water partition coefficient (Wildman–Crippen LogP) is 5.32. The second-order valence-electron chi connectivity index (χ2n) is 10.6. The van der Waals surface area contributed by atoms with Crippen molar-refractivity contribution in [3.63, 3.8) is 0 Å². The largest absolute Gasteiger partial charge is 0.361 e. The Kier molecular flexibility index (Phi) is 6.33. The van der Waals surface area contributed by atoms with E-state index in [0.717, 1.165) is 52.0 Å². The Morgan fingerprint density at radius 3 is 2.81 bits per heavy atom. The molecule has 1 aromatic heterocycles. The van der Waals surface area contributed by atoms with Gasteiger partial charge in [-0.15, -0.1) is 0 Å². The molecule has 3 N–H and O–H groups in total. The lowest BCUT2D eigenvalue weighted by Crippen LogP contribution is -2.46. The van der Waals surface area contributed by atoms with Crippen LogP contribution in [-0.2, 0) is 16.0 Å². The van der Waals surface area contributed by atoms with E-state index in [1.54, 1.807) is 6.07 Å². The van der Waals surface area contributed by atoms with E-state index in [1.807, 2.05) is 30.5 Å². The van der Waals surface area contributed by atoms with Gasteiger partial charge in [0.15, 0.2) is 5.78 Å². The quantitative estimate of drug-likeness (QED) is 0.439. The molecule has 188 valence electrons. The highest BCUT2D eigenvalue weighted by Crippen LogP contribution is 2.44. The van der Waals surface area contributed by atoms with Gasteiger partial charge in [0.2, 0.25) is 5.91 Å². The van der Waals surface area contributed by atoms with Crippen LogP contribution in [0, 0.1) is 11.2 Å². The first-order valence-electron chi connectivity index (χ1n) is 12.7. The Labute approximate surface area is 211 Å². The lowest BCUT2D eigenvalue weighted by Gasteiger charge is -2.37. The molecule has 0 spiro atoms. The summed E-state index contributed by atoms with van der Waals surface area (Å²) in [5.74, 6) is -0.229. The number of amides is 1. The molecule has 7 heteroatoms. The van der Waals surface area contributed by atoms with Gasteiger partial charge in [0.05, 0.1) is 24.0 Å². The Bertz CT molecular complexity index is 1360. The van der Waals surface area contributed by atoms with Crippen LogP contribution in [0.15, 0.2) is 59.9 Å². The predicted molar refractivity (Wildman–Crippen MR) is 142 cm³/mol. The van der Waals surface area contributed by atoms with Crippen molar-refractivity contribution in [2.75, 3.05) is 23.3 Å². The van der Waals surface area contributed by atoms with E-state index in [2.05, 4.69) is 41.3 Å². The number of allylic oxidation sites excluding steroid dienone is 1. The summed E-state index contributed by atoms with van der Waals surface area (Å²) in [5, 5.41) is 7.41. The van der Waals surface area contributed by atoms with Gasteiger partial charge >= 0.3 is 0 Å². The second-order valence-corrected chi connectivity index (χ2v) is 10.6. The number of rotatable bonds is 6. The molecule has 2 aromatic carbocycles. The van der Waals surface area contributed by atoms with Gasteiger partial charge < -0.3 is 20.5 Å². The van der Waals surface area contributed by atoms with Crippen LogP contribution in [-0.4, -0.2) is 35.8 Å². The highest BCUT2D eigenvalue weighted by atomic mass is 19.1. The molecular formula is C29H33FN4O2. The number of aromatic amines is 1. The first-order valence-corrected chi connectivity index (χ1v) is 12.7. The van der Waals surface area contributed by atoms with Crippen molar-refractivity contribution in [3.05, 3.63) is 71.3 Å². The maximum absolute atomic E-state index is 13.7. The molecule has 36 heavy (non-hydrogen) atoms. The number of benzene rings is 2. The highest BCUT2D eigenvalue weighted by molar-refractivity contribution is 6.01. The third-order valence-corrected chi connectivity index (χ3v) is 7.28. The maximum atomic E-state index is 13.7. The van der Waals surface area contributed by atoms with Gasteiger partial charge in [0.25, 0.3) is 0 Å². The number of hydrogen-bond acceptors (Lipinski definition) is 4. The van der Waals surface area contributed by atoms with E-state index >= 15 is 0 Å². The number of carbonyl (C=O) groups is 2. The first-order chi connectivity index (χ1) is 17.3. The number of nitrogens with zero attached hydrogens (tertiary/aromatic N) is 1. The molecule has 1 unspecified atom stereocenters. The lowest BCUT2D eigenvalue weighted by molar-refractivity contribution is -0.120. The number of ketones is 1. The summed E-state index contributed by atoms with van der Waals surface area (Å²) >= 11 is 0. The summed E-state index contributed by atoms with van der Waals surface area (Å²) in [4.78, 5) is 31.7. The number of aromatic nitrogens is 1. The van der Waals surface area contributed by atoms with Gasteiger partial charge in [0.1, 0.15) is 5.82 Å². The van der Waals surface area contributed by atoms with Crippen LogP contribution in [0.1, 0.15) is 45.6 Å². The van der Waals surface area contributed by atoms with Crippen LogP contribution >= 0.6 is 0 Å². The van der Waals surface area contributed by atoms with Crippen molar-refractivity contribution in [3.8, 4) is 0 Å². The summed E-state index contributed by atoms with van der Waals surface area (Å²) in [5.41, 5.74) is 5.36. The van der Waals surface area contributed by atoms with Crippen molar-refractivity contribution in [2.45, 2.75) is 52.5 Å². The smallest absolute Gasteiger partial charge is 0.239 e. The molecule has 1 atom stereocenters. The van der Waals surface area contributed by atoms with Crippen LogP contribution in [0.2, 0.25) is 0 Å². The topological polar surface area (TPSA) is 77.2 Å². The fraction of sp³-hybridized carbons (Fsp3) is 0.379. The van der Waals surface area contributed by atoms with Crippen molar-refractivity contribution in [2.24, 2.45) is 5.41 Å². The monoisotopic (exact) mass is 488 g/mol. The Balaban J connectivity index is 1.35. The number of halogens is 1. The first kappa shape index (κ1) is 24.1. The maximum Gasteiger partial charge on any atom is 0.239 e. The van der Waals surface area contributed by atoms with Crippen LogP contribution in [0.3, 0.4) is 0 Å². The number of Topliss-reactive ketones (excluding diaryl/α,β-unsaturated/α-hetero) is 1. The zero-order valence-corrected chi connectivity index (χ0v) is 21.1. The van der Waals surface area contributed by atoms with Crippen molar-refractivity contribution in [1.82, 2.24) is 10.3 Å². The molecule has 6 nitrogen and oxygen atoms in total. The molecule has 1 aliphatic carbocycles. The third kappa shape index (κ3) is 4.62. The van der Waals surface area contributed by atoms with E-state index in [0.29, 0.717) is 19.4 Å². The number of anilines is 2. The Hall–Kier alpha value is -3.61. The fourth-order valence-corrected chi connectivity index (χ4v) is 5.67. The van der Waals surface area contributed by atoms with Gasteiger partial charge in [0, 0.05) is 41.3 Å². The van der Waals surface area contributed by atoms with E-state index in [-0.39, 0.29) is 35.5 Å². The molecular weight excluding hydrogens is 455 g/mol. The summed E-state index contributed by atoms with van der Waals surface area (Å²) in [7, 11) is 0. The Morgan fingerprint density at radius 1 is 1.19 bits per heavy atom. The minimum atomic E-state index is -0.277. The van der Waals surface area contributed by atoms with Gasteiger partial charge in [-0.2, -0.15) is 0 Å². The molecule has 2 heterocycles. The molecule has 0 bridgehead atoms. The summed E-state index contributed by atoms with van der Waals surface area (Å²) in [6.07, 6.45) is 4.47.